The van der Waals surface area contributed by atoms with Crippen LogP contribution in [0.1, 0.15) is 36.7 Å². The molecule has 21 heavy (non-hydrogen) atoms. The van der Waals surface area contributed by atoms with E-state index in [1.165, 1.54) is 17.7 Å². The number of hydrogen-bond acceptors (Lipinski definition) is 2. The molecule has 0 amide bonds. The normalized spacial score (nSPS) is 11.9. The minimum atomic E-state index is -1.40. The molecule has 1 aromatic heterocycles. The summed E-state index contributed by atoms with van der Waals surface area (Å²) in [5, 5.41) is 9.04. The number of fused-ring (bicyclic) bond motifs is 1. The van der Waals surface area contributed by atoms with Gasteiger partial charge in [-0.25, -0.2) is 13.6 Å². The van der Waals surface area contributed by atoms with E-state index in [1.54, 1.807) is 20.8 Å². The number of rotatable bonds is 1. The maximum atomic E-state index is 13.7. The fourth-order valence-corrected chi connectivity index (χ4v) is 2.31. The third-order valence-corrected chi connectivity index (χ3v) is 3.38. The highest BCUT2D eigenvalue weighted by atomic mass is 19.2. The molecule has 0 fully saturated rings. The third-order valence-electron chi connectivity index (χ3n) is 3.38. The molecular weight excluding hydrogens is 280 g/mol. The summed E-state index contributed by atoms with van der Waals surface area (Å²) in [4.78, 5) is 23.5. The summed E-state index contributed by atoms with van der Waals surface area (Å²) in [5.41, 5.74) is -1.89. The van der Waals surface area contributed by atoms with Gasteiger partial charge in [-0.2, -0.15) is 0 Å². The SMILES string of the molecule is Cc1c(F)c(F)cc2c1c(=O)c(C(=O)O)cn2C(C)(C)C. The topological polar surface area (TPSA) is 59.3 Å². The summed E-state index contributed by atoms with van der Waals surface area (Å²) in [6.07, 6.45) is 1.17. The van der Waals surface area contributed by atoms with Crippen LogP contribution >= 0.6 is 0 Å². The Kier molecular flexibility index (Phi) is 3.35. The number of halogens is 2. The van der Waals surface area contributed by atoms with Crippen LogP contribution in [0.3, 0.4) is 0 Å². The van der Waals surface area contributed by atoms with E-state index in [0.29, 0.717) is 0 Å². The molecule has 0 bridgehead atoms. The molecule has 0 aliphatic rings. The molecule has 0 spiro atoms. The van der Waals surface area contributed by atoms with Gasteiger partial charge < -0.3 is 9.67 Å². The molecule has 2 aromatic rings. The predicted molar refractivity (Wildman–Crippen MR) is 74.8 cm³/mol. The fraction of sp³-hybridized carbons (Fsp3) is 0.333. The van der Waals surface area contributed by atoms with Gasteiger partial charge in [0.2, 0.25) is 5.43 Å². The van der Waals surface area contributed by atoms with Gasteiger partial charge in [0.05, 0.1) is 10.9 Å². The second-order valence-electron chi connectivity index (χ2n) is 5.91. The lowest BCUT2D eigenvalue weighted by molar-refractivity contribution is 0.0694. The number of carboxylic acids is 1. The molecule has 0 saturated heterocycles. The summed E-state index contributed by atoms with van der Waals surface area (Å²) in [7, 11) is 0. The van der Waals surface area contributed by atoms with Crippen molar-refractivity contribution in [2.45, 2.75) is 33.2 Å². The van der Waals surface area contributed by atoms with Crippen LogP contribution in [-0.2, 0) is 5.54 Å². The lowest BCUT2D eigenvalue weighted by Gasteiger charge is -2.26. The lowest BCUT2D eigenvalue weighted by Crippen LogP contribution is -2.28. The molecule has 112 valence electrons. The molecule has 1 N–H and O–H groups in total. The minimum Gasteiger partial charge on any atom is -0.477 e. The zero-order valence-corrected chi connectivity index (χ0v) is 12.1. The molecule has 0 radical (unpaired) electrons. The highest BCUT2D eigenvalue weighted by molar-refractivity contribution is 5.93. The van der Waals surface area contributed by atoms with Gasteiger partial charge in [-0.15, -0.1) is 0 Å². The number of hydrogen-bond donors (Lipinski definition) is 1. The van der Waals surface area contributed by atoms with Gasteiger partial charge in [0.15, 0.2) is 11.6 Å². The summed E-state index contributed by atoms with van der Waals surface area (Å²) in [6, 6.07) is 0.927. The Morgan fingerprint density at radius 3 is 2.33 bits per heavy atom. The Hall–Kier alpha value is -2.24. The Balaban J connectivity index is 3.15. The van der Waals surface area contributed by atoms with Crippen LogP contribution in [0, 0.1) is 18.6 Å². The van der Waals surface area contributed by atoms with E-state index >= 15 is 0 Å². The Bertz CT molecular complexity index is 816. The number of pyridine rings is 1. The molecule has 2 rings (SSSR count). The molecule has 0 unspecified atom stereocenters. The van der Waals surface area contributed by atoms with Crippen LogP contribution in [-0.4, -0.2) is 15.6 Å². The number of nitrogens with zero attached hydrogens (tertiary/aromatic N) is 1. The van der Waals surface area contributed by atoms with Gasteiger partial charge in [-0.1, -0.05) is 0 Å². The smallest absolute Gasteiger partial charge is 0.341 e. The van der Waals surface area contributed by atoms with E-state index < -0.39 is 34.1 Å². The molecule has 4 nitrogen and oxygen atoms in total. The van der Waals surface area contributed by atoms with Crippen molar-refractivity contribution in [3.8, 4) is 0 Å². The fourth-order valence-electron chi connectivity index (χ4n) is 2.31. The number of benzene rings is 1. The van der Waals surface area contributed by atoms with E-state index in [2.05, 4.69) is 0 Å². The van der Waals surface area contributed by atoms with Crippen molar-refractivity contribution in [1.29, 1.82) is 0 Å². The van der Waals surface area contributed by atoms with Gasteiger partial charge in [-0.3, -0.25) is 4.79 Å². The zero-order valence-electron chi connectivity index (χ0n) is 12.1. The van der Waals surface area contributed by atoms with E-state index in [9.17, 15) is 18.4 Å². The molecular formula is C15H15F2NO3. The lowest BCUT2D eigenvalue weighted by atomic mass is 10.0. The maximum absolute atomic E-state index is 13.7. The largest absolute Gasteiger partial charge is 0.477 e. The summed E-state index contributed by atoms with van der Waals surface area (Å²) < 4.78 is 28.9. The predicted octanol–water partition coefficient (Wildman–Crippen LogP) is 3.04. The summed E-state index contributed by atoms with van der Waals surface area (Å²) >= 11 is 0. The Morgan fingerprint density at radius 2 is 1.86 bits per heavy atom. The van der Waals surface area contributed by atoms with Crippen molar-refractivity contribution in [1.82, 2.24) is 4.57 Å². The number of aromatic carboxylic acids is 1. The van der Waals surface area contributed by atoms with E-state index in [0.717, 1.165) is 6.07 Å². The van der Waals surface area contributed by atoms with Crippen molar-refractivity contribution in [3.63, 3.8) is 0 Å². The van der Waals surface area contributed by atoms with E-state index in [1.807, 2.05) is 0 Å². The van der Waals surface area contributed by atoms with Crippen LogP contribution in [0.2, 0.25) is 0 Å². The van der Waals surface area contributed by atoms with E-state index in [-0.39, 0.29) is 16.5 Å². The second kappa shape index (κ2) is 4.65. The second-order valence-corrected chi connectivity index (χ2v) is 5.91. The first-order chi connectivity index (χ1) is 9.55. The standard InChI is InChI=1S/C15H15F2NO3/c1-7-11-10(5-9(16)12(7)17)18(15(2,3)4)6-8(13(11)19)14(20)21/h5-6H,1-4H3,(H,20,21). The zero-order chi connectivity index (χ0) is 16.1. The number of carboxylic acid groups (broad SMARTS) is 1. The van der Waals surface area contributed by atoms with Crippen LogP contribution in [0.15, 0.2) is 17.1 Å². The average Bonchev–Trinajstić information content (AvgIpc) is 2.34. The molecule has 6 heteroatoms. The van der Waals surface area contributed by atoms with Crippen molar-refractivity contribution < 1.29 is 18.7 Å². The average molecular weight is 295 g/mol. The van der Waals surface area contributed by atoms with E-state index in [4.69, 9.17) is 5.11 Å². The van der Waals surface area contributed by atoms with Crippen molar-refractivity contribution in [3.05, 3.63) is 45.2 Å². The van der Waals surface area contributed by atoms with Crippen molar-refractivity contribution >= 4 is 16.9 Å². The monoisotopic (exact) mass is 295 g/mol. The van der Waals surface area contributed by atoms with Crippen LogP contribution < -0.4 is 5.43 Å². The first-order valence-corrected chi connectivity index (χ1v) is 6.33. The molecule has 0 aliphatic heterocycles. The highest BCUT2D eigenvalue weighted by Crippen LogP contribution is 2.26. The van der Waals surface area contributed by atoms with Gasteiger partial charge in [0.25, 0.3) is 0 Å². The first kappa shape index (κ1) is 15.2. The highest BCUT2D eigenvalue weighted by Gasteiger charge is 2.24. The van der Waals surface area contributed by atoms with Crippen LogP contribution in [0.4, 0.5) is 8.78 Å². The quantitative estimate of drug-likeness (QED) is 0.879. The molecule has 1 aromatic carbocycles. The maximum Gasteiger partial charge on any atom is 0.341 e. The molecule has 0 atom stereocenters. The summed E-state index contributed by atoms with van der Waals surface area (Å²) in [6.45, 7) is 6.60. The third kappa shape index (κ3) is 2.30. The molecule has 0 aliphatic carbocycles. The number of carbonyl (C=O) groups is 1. The Labute approximate surface area is 119 Å². The van der Waals surface area contributed by atoms with Gasteiger partial charge in [0.1, 0.15) is 5.56 Å². The summed E-state index contributed by atoms with van der Waals surface area (Å²) in [5.74, 6) is -3.60. The number of aromatic nitrogens is 1. The van der Waals surface area contributed by atoms with Gasteiger partial charge in [-0.05, 0) is 27.7 Å². The first-order valence-electron chi connectivity index (χ1n) is 6.33. The van der Waals surface area contributed by atoms with Crippen molar-refractivity contribution in [2.24, 2.45) is 0 Å². The molecule has 0 saturated carbocycles. The van der Waals surface area contributed by atoms with Gasteiger partial charge >= 0.3 is 5.97 Å². The molecule has 1 heterocycles. The number of aryl methyl sites for hydroxylation is 1. The van der Waals surface area contributed by atoms with Crippen LogP contribution in [0.25, 0.3) is 10.9 Å². The van der Waals surface area contributed by atoms with Crippen molar-refractivity contribution in [2.75, 3.05) is 0 Å². The van der Waals surface area contributed by atoms with Gasteiger partial charge in [0, 0.05) is 23.4 Å². The van der Waals surface area contributed by atoms with Crippen LogP contribution in [0.5, 0.6) is 0 Å². The minimum absolute atomic E-state index is 0.108. The Morgan fingerprint density at radius 1 is 1.29 bits per heavy atom.